The Balaban J connectivity index is 1.48. The van der Waals surface area contributed by atoms with Crippen molar-refractivity contribution in [2.24, 2.45) is 5.92 Å². The third-order valence-electron chi connectivity index (χ3n) is 5.52. The fourth-order valence-electron chi connectivity index (χ4n) is 4.06. The molecule has 2 N–H and O–H groups in total. The molecule has 1 unspecified atom stereocenters. The van der Waals surface area contributed by atoms with Gasteiger partial charge in [0.15, 0.2) is 0 Å². The van der Waals surface area contributed by atoms with Gasteiger partial charge in [-0.25, -0.2) is 0 Å². The Kier molecular flexibility index (Phi) is 5.82. The molecule has 142 valence electrons. The van der Waals surface area contributed by atoms with Crippen LogP contribution in [-0.2, 0) is 9.53 Å². The maximum absolute atomic E-state index is 12.8. The first-order chi connectivity index (χ1) is 13.3. The van der Waals surface area contributed by atoms with E-state index in [0.717, 1.165) is 6.42 Å². The Hall–Kier alpha value is -2.21. The Morgan fingerprint density at radius 2 is 1.59 bits per heavy atom. The van der Waals surface area contributed by atoms with Gasteiger partial charge in [-0.05, 0) is 17.5 Å². The van der Waals surface area contributed by atoms with Gasteiger partial charge >= 0.3 is 0 Å². The summed E-state index contributed by atoms with van der Waals surface area (Å²) in [7, 11) is 0. The van der Waals surface area contributed by atoms with Crippen molar-refractivity contribution < 1.29 is 9.53 Å². The number of nitrogens with zero attached hydrogens (tertiary/aromatic N) is 1. The van der Waals surface area contributed by atoms with Crippen LogP contribution in [0.25, 0.3) is 0 Å². The maximum atomic E-state index is 12.8. The van der Waals surface area contributed by atoms with Crippen molar-refractivity contribution in [1.29, 1.82) is 0 Å². The zero-order valence-corrected chi connectivity index (χ0v) is 15.5. The average Bonchev–Trinajstić information content (AvgIpc) is 3.28. The molecule has 0 spiro atoms. The summed E-state index contributed by atoms with van der Waals surface area (Å²) in [6.07, 6.45) is 0.925. The molecule has 2 saturated heterocycles. The van der Waals surface area contributed by atoms with Gasteiger partial charge in [0, 0.05) is 32.1 Å². The fraction of sp³-hybridized carbons (Fsp3) is 0.409. The number of carbonyl (C=O) groups is 1. The van der Waals surface area contributed by atoms with E-state index in [1.807, 2.05) is 17.0 Å². The van der Waals surface area contributed by atoms with Crippen LogP contribution in [0.5, 0.6) is 0 Å². The second-order valence-electron chi connectivity index (χ2n) is 7.35. The second kappa shape index (κ2) is 8.65. The lowest BCUT2D eigenvalue weighted by Gasteiger charge is -2.36. The van der Waals surface area contributed by atoms with E-state index in [0.29, 0.717) is 32.8 Å². The molecule has 5 nitrogen and oxygen atoms in total. The summed E-state index contributed by atoms with van der Waals surface area (Å²) in [5, 5.41) is 0. The molecule has 2 aromatic carbocycles. The molecule has 2 aromatic rings. The van der Waals surface area contributed by atoms with E-state index in [1.54, 1.807) is 0 Å². The van der Waals surface area contributed by atoms with E-state index in [-0.39, 0.29) is 23.8 Å². The van der Waals surface area contributed by atoms with Crippen molar-refractivity contribution in [1.82, 2.24) is 15.8 Å². The van der Waals surface area contributed by atoms with Gasteiger partial charge in [-0.15, -0.1) is 0 Å². The third-order valence-corrected chi connectivity index (χ3v) is 5.52. The summed E-state index contributed by atoms with van der Waals surface area (Å²) in [5.74, 6) is 0.529. The van der Waals surface area contributed by atoms with Gasteiger partial charge in [-0.2, -0.15) is 0 Å². The predicted octanol–water partition coefficient (Wildman–Crippen LogP) is 2.16. The summed E-state index contributed by atoms with van der Waals surface area (Å²) in [5.41, 5.74) is 8.68. The van der Waals surface area contributed by atoms with Crippen LogP contribution >= 0.6 is 0 Å². The highest BCUT2D eigenvalue weighted by molar-refractivity contribution is 5.79. The SMILES string of the molecule is O=C(C1CNNC1)N1CCOC(CC(c2ccccc2)c2ccccc2)C1. The first-order valence-corrected chi connectivity index (χ1v) is 9.77. The average molecular weight is 365 g/mol. The van der Waals surface area contributed by atoms with Crippen LogP contribution in [0.2, 0.25) is 0 Å². The molecule has 1 amide bonds. The molecular weight excluding hydrogens is 338 g/mol. The molecule has 0 aliphatic carbocycles. The monoisotopic (exact) mass is 365 g/mol. The number of benzene rings is 2. The van der Waals surface area contributed by atoms with Crippen LogP contribution in [0.4, 0.5) is 0 Å². The number of ether oxygens (including phenoxy) is 1. The first-order valence-electron chi connectivity index (χ1n) is 9.77. The summed E-state index contributed by atoms with van der Waals surface area (Å²) in [6, 6.07) is 21.2. The summed E-state index contributed by atoms with van der Waals surface area (Å²) in [6.45, 7) is 3.38. The number of carbonyl (C=O) groups excluding carboxylic acids is 1. The maximum Gasteiger partial charge on any atom is 0.228 e. The number of hydrogen-bond donors (Lipinski definition) is 2. The van der Waals surface area contributed by atoms with E-state index >= 15 is 0 Å². The highest BCUT2D eigenvalue weighted by Crippen LogP contribution is 2.31. The van der Waals surface area contributed by atoms with Crippen LogP contribution in [0.1, 0.15) is 23.5 Å². The molecule has 2 aliphatic rings. The summed E-state index contributed by atoms with van der Waals surface area (Å²) >= 11 is 0. The smallest absolute Gasteiger partial charge is 0.228 e. The predicted molar refractivity (Wildman–Crippen MR) is 105 cm³/mol. The summed E-state index contributed by atoms with van der Waals surface area (Å²) in [4.78, 5) is 14.7. The van der Waals surface area contributed by atoms with E-state index in [4.69, 9.17) is 4.74 Å². The van der Waals surface area contributed by atoms with Crippen molar-refractivity contribution in [3.8, 4) is 0 Å². The molecule has 2 heterocycles. The highest BCUT2D eigenvalue weighted by Gasteiger charge is 2.32. The van der Waals surface area contributed by atoms with E-state index in [9.17, 15) is 4.79 Å². The Morgan fingerprint density at radius 1 is 1.00 bits per heavy atom. The first kappa shape index (κ1) is 18.2. The molecular formula is C22H27N3O2. The van der Waals surface area contributed by atoms with Crippen LogP contribution in [0.3, 0.4) is 0 Å². The van der Waals surface area contributed by atoms with Crippen molar-refractivity contribution in [3.63, 3.8) is 0 Å². The zero-order valence-electron chi connectivity index (χ0n) is 15.5. The van der Waals surface area contributed by atoms with Gasteiger partial charge in [0.1, 0.15) is 0 Å². The number of morpholine rings is 1. The highest BCUT2D eigenvalue weighted by atomic mass is 16.5. The van der Waals surface area contributed by atoms with Crippen LogP contribution in [-0.4, -0.2) is 49.7 Å². The van der Waals surface area contributed by atoms with Crippen LogP contribution in [0.15, 0.2) is 60.7 Å². The van der Waals surface area contributed by atoms with Crippen molar-refractivity contribution in [2.45, 2.75) is 18.4 Å². The van der Waals surface area contributed by atoms with Crippen molar-refractivity contribution in [2.75, 3.05) is 32.8 Å². The number of rotatable bonds is 5. The van der Waals surface area contributed by atoms with Gasteiger partial charge in [0.05, 0.1) is 18.6 Å². The quantitative estimate of drug-likeness (QED) is 0.853. The molecule has 1 atom stereocenters. The molecule has 0 saturated carbocycles. The lowest BCUT2D eigenvalue weighted by atomic mass is 9.86. The largest absolute Gasteiger partial charge is 0.375 e. The molecule has 0 aromatic heterocycles. The minimum atomic E-state index is 0.0304. The van der Waals surface area contributed by atoms with Gasteiger partial charge in [0.2, 0.25) is 5.91 Å². The van der Waals surface area contributed by atoms with Gasteiger partial charge < -0.3 is 9.64 Å². The number of amides is 1. The number of nitrogens with one attached hydrogen (secondary N) is 2. The summed E-state index contributed by atoms with van der Waals surface area (Å²) < 4.78 is 6.07. The second-order valence-corrected chi connectivity index (χ2v) is 7.35. The lowest BCUT2D eigenvalue weighted by Crippen LogP contribution is -2.49. The van der Waals surface area contributed by atoms with E-state index in [1.165, 1.54) is 11.1 Å². The Morgan fingerprint density at radius 3 is 2.19 bits per heavy atom. The molecule has 2 aliphatic heterocycles. The zero-order chi connectivity index (χ0) is 18.5. The molecule has 5 heteroatoms. The van der Waals surface area contributed by atoms with Gasteiger partial charge in [-0.3, -0.25) is 15.6 Å². The van der Waals surface area contributed by atoms with Crippen LogP contribution < -0.4 is 10.9 Å². The minimum Gasteiger partial charge on any atom is -0.375 e. The van der Waals surface area contributed by atoms with E-state index < -0.39 is 0 Å². The molecule has 27 heavy (non-hydrogen) atoms. The molecule has 0 radical (unpaired) electrons. The van der Waals surface area contributed by atoms with Gasteiger partial charge in [0.25, 0.3) is 0 Å². The Bertz CT molecular complexity index is 692. The normalized spacial score (nSPS) is 20.9. The van der Waals surface area contributed by atoms with E-state index in [2.05, 4.69) is 59.4 Å². The standard InChI is InChI=1S/C22H27N3O2/c26-22(19-14-23-24-15-19)25-11-12-27-20(16-25)13-21(17-7-3-1-4-8-17)18-9-5-2-6-10-18/h1-10,19-21,23-24H,11-16H2. The minimum absolute atomic E-state index is 0.0304. The third kappa shape index (κ3) is 4.38. The number of hydrogen-bond acceptors (Lipinski definition) is 4. The van der Waals surface area contributed by atoms with Crippen LogP contribution in [0, 0.1) is 5.92 Å². The topological polar surface area (TPSA) is 53.6 Å². The molecule has 2 fully saturated rings. The fourth-order valence-corrected chi connectivity index (χ4v) is 4.06. The lowest BCUT2D eigenvalue weighted by molar-refractivity contribution is -0.142. The van der Waals surface area contributed by atoms with Gasteiger partial charge in [-0.1, -0.05) is 60.7 Å². The molecule has 4 rings (SSSR count). The van der Waals surface area contributed by atoms with Crippen molar-refractivity contribution >= 4 is 5.91 Å². The molecule has 0 bridgehead atoms. The Labute approximate surface area is 160 Å². The van der Waals surface area contributed by atoms with Crippen molar-refractivity contribution in [3.05, 3.63) is 71.8 Å². The number of hydrazine groups is 1.